The number of carbonyl (C=O) groups excluding carboxylic acids is 1. The first-order valence-electron chi connectivity index (χ1n) is 10.3. The molecule has 0 saturated carbocycles. The Labute approximate surface area is 183 Å². The summed E-state index contributed by atoms with van der Waals surface area (Å²) in [4.78, 5) is 17.7. The highest BCUT2D eigenvalue weighted by atomic mass is 16.1. The molecular formula is C23H20N8O. The Bertz CT molecular complexity index is 1370. The van der Waals surface area contributed by atoms with Crippen molar-refractivity contribution >= 4 is 17.2 Å². The van der Waals surface area contributed by atoms with Gasteiger partial charge in [0.1, 0.15) is 5.82 Å². The molecule has 0 radical (unpaired) electrons. The fourth-order valence-electron chi connectivity index (χ4n) is 3.55. The Morgan fingerprint density at radius 2 is 1.94 bits per heavy atom. The van der Waals surface area contributed by atoms with E-state index in [1.807, 2.05) is 54.6 Å². The normalized spacial score (nSPS) is 11.0. The van der Waals surface area contributed by atoms with Crippen molar-refractivity contribution in [3.63, 3.8) is 0 Å². The average Bonchev–Trinajstić information content (AvgIpc) is 3.54. The van der Waals surface area contributed by atoms with E-state index in [0.717, 1.165) is 29.1 Å². The van der Waals surface area contributed by atoms with Gasteiger partial charge in [-0.1, -0.05) is 55.5 Å². The van der Waals surface area contributed by atoms with Crippen LogP contribution in [0, 0.1) is 0 Å². The second-order valence-corrected chi connectivity index (χ2v) is 7.25. The molecule has 5 aromatic rings. The molecule has 0 unspecified atom stereocenters. The number of fused-ring (bicyclic) bond motifs is 1. The van der Waals surface area contributed by atoms with Crippen LogP contribution in [0.15, 0.2) is 66.9 Å². The summed E-state index contributed by atoms with van der Waals surface area (Å²) in [5, 5.41) is 21.8. The Balaban J connectivity index is 1.35. The van der Waals surface area contributed by atoms with Gasteiger partial charge in [0.15, 0.2) is 11.4 Å². The summed E-state index contributed by atoms with van der Waals surface area (Å²) in [5.41, 5.74) is 4.63. The molecule has 3 heterocycles. The number of H-pyrrole nitrogens is 1. The van der Waals surface area contributed by atoms with Crippen LogP contribution in [-0.2, 0) is 13.0 Å². The lowest BCUT2D eigenvalue weighted by Gasteiger charge is -2.11. The first kappa shape index (κ1) is 19.6. The van der Waals surface area contributed by atoms with Crippen LogP contribution in [-0.4, -0.2) is 41.0 Å². The maximum Gasteiger partial charge on any atom is 0.205 e. The molecule has 0 bridgehead atoms. The minimum absolute atomic E-state index is 0.0927. The number of aromatic amines is 1. The number of benzene rings is 2. The molecule has 0 atom stereocenters. The summed E-state index contributed by atoms with van der Waals surface area (Å²) in [6.07, 6.45) is 2.58. The largest absolute Gasteiger partial charge is 0.366 e. The number of rotatable bonds is 7. The molecule has 0 saturated heterocycles. The van der Waals surface area contributed by atoms with Crippen LogP contribution >= 0.6 is 0 Å². The number of anilines is 1. The van der Waals surface area contributed by atoms with Crippen molar-refractivity contribution in [2.75, 3.05) is 5.32 Å². The Kier molecular flexibility index (Phi) is 5.12. The molecule has 9 nitrogen and oxygen atoms in total. The van der Waals surface area contributed by atoms with Crippen LogP contribution in [0.2, 0.25) is 0 Å². The molecule has 158 valence electrons. The van der Waals surface area contributed by atoms with Crippen LogP contribution in [0.5, 0.6) is 0 Å². The van der Waals surface area contributed by atoms with Crippen molar-refractivity contribution in [1.29, 1.82) is 0 Å². The van der Waals surface area contributed by atoms with E-state index in [9.17, 15) is 4.79 Å². The van der Waals surface area contributed by atoms with Gasteiger partial charge in [-0.2, -0.15) is 14.8 Å². The molecule has 9 heteroatoms. The summed E-state index contributed by atoms with van der Waals surface area (Å²) in [6, 6.07) is 18.7. The van der Waals surface area contributed by atoms with E-state index < -0.39 is 0 Å². The van der Waals surface area contributed by atoms with E-state index in [2.05, 4.69) is 42.9 Å². The number of hydrogen-bond acceptors (Lipinski definition) is 7. The van der Waals surface area contributed by atoms with Crippen LogP contribution < -0.4 is 5.32 Å². The van der Waals surface area contributed by atoms with Crippen LogP contribution in [0.4, 0.5) is 5.82 Å². The fraction of sp³-hybridized carbons (Fsp3) is 0.130. The predicted octanol–water partition coefficient (Wildman–Crippen LogP) is 3.31. The maximum absolute atomic E-state index is 13.1. The molecule has 0 aliphatic heterocycles. The van der Waals surface area contributed by atoms with Crippen molar-refractivity contribution in [2.45, 2.75) is 19.9 Å². The maximum atomic E-state index is 13.1. The minimum atomic E-state index is -0.0927. The summed E-state index contributed by atoms with van der Waals surface area (Å²) < 4.78 is 1.78. The number of aromatic nitrogens is 7. The van der Waals surface area contributed by atoms with Crippen molar-refractivity contribution < 1.29 is 4.79 Å². The molecule has 0 aliphatic rings. The standard InChI is InChI=1S/C23H20N8O/c1-2-17-13-21(31-20(26-17)11-12-25-31)24-14-15-7-9-16(10-8-15)22(32)18-5-3-4-6-19(18)23-27-29-30-28-23/h3-13,24H,2,14H2,1H3,(H,27,28,29,30). The SMILES string of the molecule is CCc1cc(NCc2ccc(C(=O)c3ccccc3-c3nn[nH]n3)cc2)n2nccc2n1. The molecule has 0 amide bonds. The Hall–Kier alpha value is -4.40. The molecule has 5 rings (SSSR count). The third kappa shape index (κ3) is 3.71. The van der Waals surface area contributed by atoms with Crippen LogP contribution in [0.25, 0.3) is 17.0 Å². The topological polar surface area (TPSA) is 114 Å². The van der Waals surface area contributed by atoms with Gasteiger partial charge < -0.3 is 5.32 Å². The molecule has 32 heavy (non-hydrogen) atoms. The quantitative estimate of drug-likeness (QED) is 0.385. The van der Waals surface area contributed by atoms with Gasteiger partial charge in [-0.15, -0.1) is 10.2 Å². The van der Waals surface area contributed by atoms with E-state index in [4.69, 9.17) is 0 Å². The molecule has 2 aromatic carbocycles. The van der Waals surface area contributed by atoms with Crippen molar-refractivity contribution in [2.24, 2.45) is 0 Å². The molecule has 0 spiro atoms. The van der Waals surface area contributed by atoms with Crippen molar-refractivity contribution in [1.82, 2.24) is 35.2 Å². The molecule has 0 fully saturated rings. The second-order valence-electron chi connectivity index (χ2n) is 7.25. The highest BCUT2D eigenvalue weighted by Crippen LogP contribution is 2.22. The summed E-state index contributed by atoms with van der Waals surface area (Å²) >= 11 is 0. The van der Waals surface area contributed by atoms with Crippen molar-refractivity contribution in [3.05, 3.63) is 89.2 Å². The van der Waals surface area contributed by atoms with E-state index in [-0.39, 0.29) is 5.78 Å². The number of carbonyl (C=O) groups is 1. The zero-order valence-corrected chi connectivity index (χ0v) is 17.4. The second kappa shape index (κ2) is 8.38. The number of nitrogens with zero attached hydrogens (tertiary/aromatic N) is 6. The van der Waals surface area contributed by atoms with Gasteiger partial charge in [0, 0.05) is 41.1 Å². The Morgan fingerprint density at radius 1 is 1.09 bits per heavy atom. The van der Waals surface area contributed by atoms with Crippen LogP contribution in [0.1, 0.15) is 34.1 Å². The molecular weight excluding hydrogens is 404 g/mol. The summed E-state index contributed by atoms with van der Waals surface area (Å²) in [6.45, 7) is 2.67. The average molecular weight is 424 g/mol. The first-order chi connectivity index (χ1) is 15.7. The number of aryl methyl sites for hydroxylation is 1. The zero-order chi connectivity index (χ0) is 21.9. The lowest BCUT2D eigenvalue weighted by Crippen LogP contribution is -2.08. The smallest absolute Gasteiger partial charge is 0.205 e. The van der Waals surface area contributed by atoms with Crippen molar-refractivity contribution in [3.8, 4) is 11.4 Å². The first-order valence-corrected chi connectivity index (χ1v) is 10.3. The Morgan fingerprint density at radius 3 is 2.72 bits per heavy atom. The molecule has 2 N–H and O–H groups in total. The lowest BCUT2D eigenvalue weighted by molar-refractivity contribution is 0.103. The highest BCUT2D eigenvalue weighted by Gasteiger charge is 2.17. The zero-order valence-electron chi connectivity index (χ0n) is 17.4. The van der Waals surface area contributed by atoms with E-state index in [0.29, 0.717) is 29.1 Å². The lowest BCUT2D eigenvalue weighted by atomic mass is 9.97. The summed E-state index contributed by atoms with van der Waals surface area (Å²) in [5.74, 6) is 1.18. The van der Waals surface area contributed by atoms with Gasteiger partial charge in [0.25, 0.3) is 0 Å². The van der Waals surface area contributed by atoms with Gasteiger partial charge in [0.2, 0.25) is 5.82 Å². The van der Waals surface area contributed by atoms with Gasteiger partial charge in [-0.05, 0) is 17.2 Å². The van der Waals surface area contributed by atoms with E-state index in [1.54, 1.807) is 16.8 Å². The fourth-order valence-corrected chi connectivity index (χ4v) is 3.55. The van der Waals surface area contributed by atoms with E-state index in [1.165, 1.54) is 0 Å². The monoisotopic (exact) mass is 424 g/mol. The predicted molar refractivity (Wildman–Crippen MR) is 119 cm³/mol. The number of hydrogen-bond donors (Lipinski definition) is 2. The number of tetrazole rings is 1. The number of nitrogens with one attached hydrogen (secondary N) is 2. The molecule has 3 aromatic heterocycles. The number of ketones is 1. The third-order valence-corrected chi connectivity index (χ3v) is 5.22. The van der Waals surface area contributed by atoms with Crippen LogP contribution in [0.3, 0.4) is 0 Å². The van der Waals surface area contributed by atoms with Gasteiger partial charge in [-0.25, -0.2) is 4.98 Å². The third-order valence-electron chi connectivity index (χ3n) is 5.22. The minimum Gasteiger partial charge on any atom is -0.366 e. The van der Waals surface area contributed by atoms with E-state index >= 15 is 0 Å². The highest BCUT2D eigenvalue weighted by molar-refractivity contribution is 6.12. The summed E-state index contributed by atoms with van der Waals surface area (Å²) in [7, 11) is 0. The van der Waals surface area contributed by atoms with Gasteiger partial charge in [0.05, 0.1) is 6.20 Å². The van der Waals surface area contributed by atoms with Gasteiger partial charge in [-0.3, -0.25) is 4.79 Å². The van der Waals surface area contributed by atoms with Gasteiger partial charge >= 0.3 is 0 Å². The molecule has 0 aliphatic carbocycles.